The molecule has 3 heteroatoms. The molecule has 3 atom stereocenters. The topological polar surface area (TPSA) is 46.5 Å². The zero-order valence-electron chi connectivity index (χ0n) is 13.0. The van der Waals surface area contributed by atoms with Crippen molar-refractivity contribution in [2.45, 2.75) is 33.1 Å². The summed E-state index contributed by atoms with van der Waals surface area (Å²) in [7, 11) is 1.69. The third-order valence-corrected chi connectivity index (χ3v) is 4.72. The van der Waals surface area contributed by atoms with Crippen molar-refractivity contribution in [2.24, 2.45) is 17.8 Å². The molecule has 1 N–H and O–H groups in total. The molecule has 0 saturated carbocycles. The summed E-state index contributed by atoms with van der Waals surface area (Å²) in [6.07, 6.45) is 4.60. The van der Waals surface area contributed by atoms with E-state index < -0.39 is 5.97 Å². The summed E-state index contributed by atoms with van der Waals surface area (Å²) in [4.78, 5) is 11.3. The van der Waals surface area contributed by atoms with Crippen molar-refractivity contribution in [3.8, 4) is 5.75 Å². The summed E-state index contributed by atoms with van der Waals surface area (Å²) in [5.74, 6) is 0.498. The van der Waals surface area contributed by atoms with Crippen LogP contribution in [0.25, 0.3) is 0 Å². The van der Waals surface area contributed by atoms with E-state index in [4.69, 9.17) is 4.74 Å². The molecule has 0 radical (unpaired) electrons. The number of methoxy groups -OCH3 is 1. The van der Waals surface area contributed by atoms with Crippen LogP contribution in [0.3, 0.4) is 0 Å². The molecule has 0 amide bonds. The molecule has 0 fully saturated rings. The largest absolute Gasteiger partial charge is 0.496 e. The lowest BCUT2D eigenvalue weighted by Gasteiger charge is -2.34. The van der Waals surface area contributed by atoms with Crippen molar-refractivity contribution in [1.82, 2.24) is 0 Å². The van der Waals surface area contributed by atoms with Gasteiger partial charge in [0, 0.05) is 0 Å². The van der Waals surface area contributed by atoms with Gasteiger partial charge in [-0.05, 0) is 42.7 Å². The van der Waals surface area contributed by atoms with E-state index in [0.717, 1.165) is 18.6 Å². The zero-order valence-corrected chi connectivity index (χ0v) is 13.0. The second kappa shape index (κ2) is 6.79. The zero-order chi connectivity index (χ0) is 15.4. The maximum atomic E-state index is 11.3. The van der Waals surface area contributed by atoms with Crippen molar-refractivity contribution in [3.63, 3.8) is 0 Å². The van der Waals surface area contributed by atoms with E-state index in [9.17, 15) is 9.90 Å². The van der Waals surface area contributed by atoms with Crippen LogP contribution in [-0.4, -0.2) is 18.2 Å². The minimum atomic E-state index is -0.673. The Hall–Kier alpha value is -1.77. The molecule has 0 heterocycles. The average molecular weight is 288 g/mol. The van der Waals surface area contributed by atoms with E-state index in [1.165, 1.54) is 11.1 Å². The number of aliphatic carboxylic acids is 1. The summed E-state index contributed by atoms with van der Waals surface area (Å²) < 4.78 is 5.42. The van der Waals surface area contributed by atoms with Gasteiger partial charge >= 0.3 is 5.97 Å². The molecule has 1 aromatic rings. The summed E-state index contributed by atoms with van der Waals surface area (Å²) >= 11 is 0. The number of hydrogen-bond donors (Lipinski definition) is 1. The normalized spacial score (nSPS) is 25.3. The fraction of sp³-hybridized carbons (Fsp3) is 0.500. The average Bonchev–Trinajstić information content (AvgIpc) is 2.47. The first-order chi connectivity index (χ1) is 10.1. The second-order valence-corrected chi connectivity index (χ2v) is 5.82. The smallest absolute Gasteiger partial charge is 0.307 e. The Morgan fingerprint density at radius 2 is 2.10 bits per heavy atom. The van der Waals surface area contributed by atoms with Gasteiger partial charge in [0.15, 0.2) is 0 Å². The van der Waals surface area contributed by atoms with Crippen LogP contribution < -0.4 is 4.74 Å². The highest BCUT2D eigenvalue weighted by atomic mass is 16.5. The van der Waals surface area contributed by atoms with Crippen LogP contribution in [0.1, 0.15) is 32.3 Å². The van der Waals surface area contributed by atoms with Crippen molar-refractivity contribution >= 4 is 5.97 Å². The Bertz CT molecular complexity index is 533. The van der Waals surface area contributed by atoms with Crippen molar-refractivity contribution in [2.75, 3.05) is 7.11 Å². The minimum Gasteiger partial charge on any atom is -0.496 e. The van der Waals surface area contributed by atoms with Gasteiger partial charge in [-0.3, -0.25) is 4.79 Å². The van der Waals surface area contributed by atoms with Gasteiger partial charge in [0.25, 0.3) is 0 Å². The van der Waals surface area contributed by atoms with Gasteiger partial charge in [-0.25, -0.2) is 0 Å². The number of benzene rings is 1. The third-order valence-electron chi connectivity index (χ3n) is 4.72. The highest BCUT2D eigenvalue weighted by Crippen LogP contribution is 2.39. The SMILES string of the molecule is CCC1C(Cc2ccccc2OC)=CCC(C(=O)O)C1C. The number of carboxylic acids is 1. The molecule has 1 aliphatic carbocycles. The fourth-order valence-electron chi connectivity index (χ4n) is 3.49. The van der Waals surface area contributed by atoms with Crippen LogP contribution in [0.2, 0.25) is 0 Å². The van der Waals surface area contributed by atoms with Crippen molar-refractivity contribution in [1.29, 1.82) is 0 Å². The number of hydrogen-bond acceptors (Lipinski definition) is 2. The van der Waals surface area contributed by atoms with Gasteiger partial charge < -0.3 is 9.84 Å². The van der Waals surface area contributed by atoms with Crippen LogP contribution in [-0.2, 0) is 11.2 Å². The maximum absolute atomic E-state index is 11.3. The Morgan fingerprint density at radius 3 is 2.71 bits per heavy atom. The molecular formula is C18H24O3. The number of rotatable bonds is 5. The van der Waals surface area contributed by atoms with Crippen molar-refractivity contribution < 1.29 is 14.6 Å². The molecule has 0 aliphatic heterocycles. The Balaban J connectivity index is 2.24. The highest BCUT2D eigenvalue weighted by molar-refractivity contribution is 5.71. The summed E-state index contributed by atoms with van der Waals surface area (Å²) in [6, 6.07) is 8.05. The summed E-state index contributed by atoms with van der Waals surface area (Å²) in [5.41, 5.74) is 2.53. The number of para-hydroxylation sites is 1. The van der Waals surface area contributed by atoms with E-state index >= 15 is 0 Å². The van der Waals surface area contributed by atoms with Gasteiger partial charge in [-0.2, -0.15) is 0 Å². The number of allylic oxidation sites excluding steroid dienone is 2. The first kappa shape index (κ1) is 15.6. The van der Waals surface area contributed by atoms with E-state index in [1.54, 1.807) is 7.11 Å². The lowest BCUT2D eigenvalue weighted by atomic mass is 9.70. The van der Waals surface area contributed by atoms with Gasteiger partial charge in [0.1, 0.15) is 5.75 Å². The van der Waals surface area contributed by atoms with Crippen LogP contribution in [0.4, 0.5) is 0 Å². The fourth-order valence-corrected chi connectivity index (χ4v) is 3.49. The standard InChI is InChI=1S/C18H24O3/c1-4-15-12(2)16(18(19)20)10-9-13(15)11-14-7-5-6-8-17(14)21-3/h5-9,12,15-16H,4,10-11H2,1-3H3,(H,19,20). The number of carbonyl (C=O) groups is 1. The number of ether oxygens (including phenoxy) is 1. The Kier molecular flexibility index (Phi) is 5.05. The van der Waals surface area contributed by atoms with Crippen LogP contribution in [0, 0.1) is 17.8 Å². The lowest BCUT2D eigenvalue weighted by Crippen LogP contribution is -2.31. The van der Waals surface area contributed by atoms with Gasteiger partial charge in [0.05, 0.1) is 13.0 Å². The third kappa shape index (κ3) is 3.29. The molecule has 3 nitrogen and oxygen atoms in total. The molecule has 114 valence electrons. The van der Waals surface area contributed by atoms with Crippen LogP contribution in [0.5, 0.6) is 5.75 Å². The molecule has 0 spiro atoms. The van der Waals surface area contributed by atoms with E-state index in [-0.39, 0.29) is 11.8 Å². The summed E-state index contributed by atoms with van der Waals surface area (Å²) in [5, 5.41) is 9.33. The molecule has 0 saturated heterocycles. The molecule has 1 aliphatic rings. The van der Waals surface area contributed by atoms with Crippen LogP contribution >= 0.6 is 0 Å². The van der Waals surface area contributed by atoms with Gasteiger partial charge in [-0.1, -0.05) is 43.7 Å². The molecular weight excluding hydrogens is 264 g/mol. The minimum absolute atomic E-state index is 0.183. The molecule has 0 aromatic heterocycles. The second-order valence-electron chi connectivity index (χ2n) is 5.82. The molecule has 3 unspecified atom stereocenters. The monoisotopic (exact) mass is 288 g/mol. The quantitative estimate of drug-likeness (QED) is 0.835. The van der Waals surface area contributed by atoms with Gasteiger partial charge in [0.2, 0.25) is 0 Å². The molecule has 1 aromatic carbocycles. The molecule has 2 rings (SSSR count). The first-order valence-electron chi connectivity index (χ1n) is 7.62. The van der Waals surface area contributed by atoms with E-state index in [1.807, 2.05) is 18.2 Å². The first-order valence-corrected chi connectivity index (χ1v) is 7.62. The van der Waals surface area contributed by atoms with E-state index in [0.29, 0.717) is 12.3 Å². The Labute approximate surface area is 126 Å². The van der Waals surface area contributed by atoms with Gasteiger partial charge in [-0.15, -0.1) is 0 Å². The van der Waals surface area contributed by atoms with E-state index in [2.05, 4.69) is 26.0 Å². The Morgan fingerprint density at radius 1 is 1.38 bits per heavy atom. The predicted molar refractivity (Wildman–Crippen MR) is 83.5 cm³/mol. The number of carboxylic acid groups (broad SMARTS) is 1. The predicted octanol–water partition coefficient (Wildman–Crippen LogP) is 3.93. The van der Waals surface area contributed by atoms with Crippen molar-refractivity contribution in [3.05, 3.63) is 41.5 Å². The summed E-state index contributed by atoms with van der Waals surface area (Å²) in [6.45, 7) is 4.21. The van der Waals surface area contributed by atoms with Crippen LogP contribution in [0.15, 0.2) is 35.9 Å². The highest BCUT2D eigenvalue weighted by Gasteiger charge is 2.34. The lowest BCUT2D eigenvalue weighted by molar-refractivity contribution is -0.144. The maximum Gasteiger partial charge on any atom is 0.307 e. The molecule has 21 heavy (non-hydrogen) atoms. The molecule has 0 bridgehead atoms.